The number of allylic oxidation sites excluding steroid dienone is 1. The Morgan fingerprint density at radius 2 is 1.56 bits per heavy atom. The average molecular weight is 546 g/mol. The molecule has 10 heteroatoms. The number of hydrogen-bond acceptors (Lipinski definition) is 6. The van der Waals surface area contributed by atoms with Gasteiger partial charge < -0.3 is 0 Å². The molecule has 0 aromatic heterocycles. The highest BCUT2D eigenvalue weighted by molar-refractivity contribution is 9.10. The van der Waals surface area contributed by atoms with Gasteiger partial charge in [0.25, 0.3) is 5.69 Å². The normalized spacial score (nSPS) is 11.2. The number of anilines is 1. The van der Waals surface area contributed by atoms with Crippen LogP contribution in [0.25, 0.3) is 6.08 Å². The van der Waals surface area contributed by atoms with E-state index in [1.165, 1.54) is 12.1 Å². The van der Waals surface area contributed by atoms with Gasteiger partial charge in [-0.15, -0.1) is 12.4 Å². The van der Waals surface area contributed by atoms with Crippen molar-refractivity contribution in [3.63, 3.8) is 0 Å². The Balaban J connectivity index is 0.00000408. The van der Waals surface area contributed by atoms with E-state index in [1.807, 2.05) is 69.3 Å². The number of benzene rings is 3. The molecule has 0 amide bonds. The van der Waals surface area contributed by atoms with Crippen LogP contribution in [0.15, 0.2) is 70.2 Å². The first kappa shape index (κ1) is 26.7. The molecule has 176 valence electrons. The van der Waals surface area contributed by atoms with E-state index in [0.29, 0.717) is 5.71 Å². The van der Waals surface area contributed by atoms with E-state index in [1.54, 1.807) is 0 Å². The highest BCUT2D eigenvalue weighted by atomic mass is 79.9. The quantitative estimate of drug-likeness (QED) is 0.193. The van der Waals surface area contributed by atoms with Crippen molar-refractivity contribution in [2.75, 3.05) is 5.43 Å². The van der Waals surface area contributed by atoms with E-state index in [9.17, 15) is 20.2 Å². The van der Waals surface area contributed by atoms with Crippen molar-refractivity contribution in [1.82, 2.24) is 0 Å². The fourth-order valence-electron chi connectivity index (χ4n) is 3.51. The van der Waals surface area contributed by atoms with Gasteiger partial charge in [-0.25, -0.2) is 0 Å². The van der Waals surface area contributed by atoms with Crippen LogP contribution in [-0.2, 0) is 0 Å². The van der Waals surface area contributed by atoms with Crippen LogP contribution in [0, 0.1) is 41.0 Å². The fraction of sp³-hybridized carbons (Fsp3) is 0.125. The summed E-state index contributed by atoms with van der Waals surface area (Å²) in [6, 6.07) is 15.2. The van der Waals surface area contributed by atoms with Crippen LogP contribution < -0.4 is 5.43 Å². The molecule has 0 unspecified atom stereocenters. The Kier molecular flexibility index (Phi) is 9.05. The molecule has 1 N–H and O–H groups in total. The summed E-state index contributed by atoms with van der Waals surface area (Å²) in [4.78, 5) is 21.1. The van der Waals surface area contributed by atoms with Gasteiger partial charge in [0.05, 0.1) is 21.6 Å². The minimum absolute atomic E-state index is 0. The molecule has 0 saturated carbocycles. The standard InChI is InChI=1S/C24H21BrN4O4.ClH/c1-15-12-16(2)24(17(3)13-15)22(10-6-18-4-7-19(25)8-5-18)27-26-21-11-9-20(28(30)31)14-23(21)29(32)33;/h4-14,26H,1-3H3;1H/b10-6+,27-22+;. The number of non-ortho nitro benzene ring substituents is 1. The van der Waals surface area contributed by atoms with Gasteiger partial charge in [-0.3, -0.25) is 25.7 Å². The molecule has 0 radical (unpaired) electrons. The summed E-state index contributed by atoms with van der Waals surface area (Å²) in [5.41, 5.74) is 7.55. The van der Waals surface area contributed by atoms with Gasteiger partial charge in [-0.2, -0.15) is 5.10 Å². The second-order valence-corrected chi connectivity index (χ2v) is 8.40. The van der Waals surface area contributed by atoms with Gasteiger partial charge in [0.2, 0.25) is 0 Å². The average Bonchev–Trinajstić information content (AvgIpc) is 2.75. The molecule has 34 heavy (non-hydrogen) atoms. The van der Waals surface area contributed by atoms with E-state index in [4.69, 9.17) is 0 Å². The van der Waals surface area contributed by atoms with E-state index < -0.39 is 15.5 Å². The summed E-state index contributed by atoms with van der Waals surface area (Å²) in [6.07, 6.45) is 3.73. The maximum atomic E-state index is 11.5. The van der Waals surface area contributed by atoms with Crippen LogP contribution in [0.3, 0.4) is 0 Å². The molecule has 0 heterocycles. The van der Waals surface area contributed by atoms with Crippen molar-refractivity contribution in [3.05, 3.63) is 113 Å². The van der Waals surface area contributed by atoms with Crippen LogP contribution in [-0.4, -0.2) is 15.6 Å². The number of halogens is 2. The van der Waals surface area contributed by atoms with E-state index in [-0.39, 0.29) is 23.8 Å². The zero-order chi connectivity index (χ0) is 24.1. The second-order valence-electron chi connectivity index (χ2n) is 7.48. The van der Waals surface area contributed by atoms with Gasteiger partial charge in [-0.05, 0) is 61.7 Å². The number of nitro groups is 2. The lowest BCUT2D eigenvalue weighted by molar-refractivity contribution is -0.393. The zero-order valence-corrected chi connectivity index (χ0v) is 21.0. The van der Waals surface area contributed by atoms with Crippen LogP contribution in [0.2, 0.25) is 0 Å². The summed E-state index contributed by atoms with van der Waals surface area (Å²) >= 11 is 3.42. The summed E-state index contributed by atoms with van der Waals surface area (Å²) in [5.74, 6) is 0. The third kappa shape index (κ3) is 6.49. The van der Waals surface area contributed by atoms with Crippen molar-refractivity contribution < 1.29 is 9.85 Å². The molecular formula is C24H22BrClN4O4. The Bertz CT molecular complexity index is 1270. The van der Waals surface area contributed by atoms with Gasteiger partial charge in [0.15, 0.2) is 0 Å². The number of nitrogens with zero attached hydrogens (tertiary/aromatic N) is 3. The van der Waals surface area contributed by atoms with Crippen LogP contribution in [0.4, 0.5) is 17.1 Å². The van der Waals surface area contributed by atoms with E-state index in [0.717, 1.165) is 38.4 Å². The van der Waals surface area contributed by atoms with Gasteiger partial charge in [-0.1, -0.05) is 51.8 Å². The highest BCUT2D eigenvalue weighted by Gasteiger charge is 2.19. The predicted octanol–water partition coefficient (Wildman–Crippen LogP) is 7.14. The number of nitro benzene ring substituents is 2. The largest absolute Gasteiger partial charge is 0.301 e. The summed E-state index contributed by atoms with van der Waals surface area (Å²) < 4.78 is 0.964. The molecule has 0 atom stereocenters. The lowest BCUT2D eigenvalue weighted by atomic mass is 9.95. The topological polar surface area (TPSA) is 111 Å². The Labute approximate surface area is 211 Å². The summed E-state index contributed by atoms with van der Waals surface area (Å²) in [5, 5.41) is 26.9. The predicted molar refractivity (Wildman–Crippen MR) is 141 cm³/mol. The van der Waals surface area contributed by atoms with Crippen LogP contribution in [0.1, 0.15) is 27.8 Å². The number of aryl methyl sites for hydroxylation is 3. The smallest absolute Gasteiger partial charge is 0.271 e. The molecule has 3 rings (SSSR count). The number of hydrogen-bond donors (Lipinski definition) is 1. The Morgan fingerprint density at radius 1 is 0.941 bits per heavy atom. The molecule has 0 aliphatic carbocycles. The number of nitrogens with one attached hydrogen (secondary N) is 1. The SMILES string of the molecule is Cc1cc(C)c(C(/C=C/c2ccc(Br)cc2)=N/Nc2ccc([N+](=O)[O-])cc2[N+](=O)[O-])c(C)c1.Cl. The third-order valence-electron chi connectivity index (χ3n) is 4.92. The molecule has 0 spiro atoms. The fourth-order valence-corrected chi connectivity index (χ4v) is 3.77. The summed E-state index contributed by atoms with van der Waals surface area (Å²) in [6.45, 7) is 5.97. The van der Waals surface area contributed by atoms with Crippen molar-refractivity contribution in [1.29, 1.82) is 0 Å². The van der Waals surface area contributed by atoms with Crippen molar-refractivity contribution >= 4 is 57.2 Å². The van der Waals surface area contributed by atoms with Crippen LogP contribution >= 0.6 is 28.3 Å². The molecule has 0 aliphatic heterocycles. The molecule has 0 bridgehead atoms. The van der Waals surface area contributed by atoms with Crippen molar-refractivity contribution in [2.45, 2.75) is 20.8 Å². The lowest BCUT2D eigenvalue weighted by Crippen LogP contribution is -2.07. The van der Waals surface area contributed by atoms with E-state index in [2.05, 4.69) is 26.5 Å². The van der Waals surface area contributed by atoms with Crippen LogP contribution in [0.5, 0.6) is 0 Å². The lowest BCUT2D eigenvalue weighted by Gasteiger charge is -2.12. The molecule has 0 saturated heterocycles. The molecule has 8 nitrogen and oxygen atoms in total. The molecule has 0 aliphatic rings. The maximum Gasteiger partial charge on any atom is 0.301 e. The van der Waals surface area contributed by atoms with Crippen molar-refractivity contribution in [2.24, 2.45) is 5.10 Å². The zero-order valence-electron chi connectivity index (χ0n) is 18.6. The number of rotatable bonds is 7. The first-order valence-corrected chi connectivity index (χ1v) is 10.7. The maximum absolute atomic E-state index is 11.5. The molecule has 0 fully saturated rings. The molecule has 3 aromatic rings. The molecule has 3 aromatic carbocycles. The van der Waals surface area contributed by atoms with Gasteiger partial charge in [0, 0.05) is 16.1 Å². The van der Waals surface area contributed by atoms with Gasteiger partial charge >= 0.3 is 5.69 Å². The number of hydrazone groups is 1. The van der Waals surface area contributed by atoms with E-state index >= 15 is 0 Å². The first-order chi connectivity index (χ1) is 15.7. The highest BCUT2D eigenvalue weighted by Crippen LogP contribution is 2.29. The minimum atomic E-state index is -0.676. The Morgan fingerprint density at radius 3 is 2.12 bits per heavy atom. The Hall–Kier alpha value is -3.56. The first-order valence-electron chi connectivity index (χ1n) is 9.94. The van der Waals surface area contributed by atoms with Crippen molar-refractivity contribution in [3.8, 4) is 0 Å². The van der Waals surface area contributed by atoms with Gasteiger partial charge in [0.1, 0.15) is 5.69 Å². The third-order valence-corrected chi connectivity index (χ3v) is 5.45. The molecular weight excluding hydrogens is 524 g/mol. The summed E-state index contributed by atoms with van der Waals surface area (Å²) in [7, 11) is 0. The monoisotopic (exact) mass is 544 g/mol. The minimum Gasteiger partial charge on any atom is -0.271 e. The second kappa shape index (κ2) is 11.5.